The van der Waals surface area contributed by atoms with Crippen LogP contribution in [0, 0.1) is 11.8 Å². The molecule has 0 spiro atoms. The number of benzene rings is 2. The standard InChI is InChI=1S/C42H43N/c1-3-5-6-9-15-34(4-2)16-14-17-35-22-28-40(29-23-35)43(41-30-24-38(25-31-41)36-18-10-7-11-19-36)42-32-26-39(27-33-42)37-20-12-8-13-21-37/h3-12,14-15,17-20,22,24-26,28-32,34-35H,1-2,13,16,21,23,27,33H2/b6-5-,15-9+,17-14+. The van der Waals surface area contributed by atoms with Crippen molar-refractivity contribution in [3.63, 3.8) is 0 Å². The normalized spacial score (nSPS) is 19.2. The van der Waals surface area contributed by atoms with Gasteiger partial charge < -0.3 is 4.90 Å². The van der Waals surface area contributed by atoms with Crippen molar-refractivity contribution in [3.05, 3.63) is 188 Å². The van der Waals surface area contributed by atoms with Crippen LogP contribution in [-0.2, 0) is 0 Å². The summed E-state index contributed by atoms with van der Waals surface area (Å²) in [5.74, 6) is 0.731. The first-order valence-corrected chi connectivity index (χ1v) is 15.6. The molecule has 0 amide bonds. The molecular formula is C42H43N. The van der Waals surface area contributed by atoms with E-state index in [1.54, 1.807) is 6.08 Å². The van der Waals surface area contributed by atoms with E-state index < -0.39 is 0 Å². The van der Waals surface area contributed by atoms with Crippen LogP contribution in [0.5, 0.6) is 0 Å². The molecule has 2 aromatic rings. The Hall–Kier alpha value is -4.62. The highest BCUT2D eigenvalue weighted by Crippen LogP contribution is 2.36. The van der Waals surface area contributed by atoms with E-state index >= 15 is 0 Å². The van der Waals surface area contributed by atoms with E-state index in [0.29, 0.717) is 11.8 Å². The zero-order chi connectivity index (χ0) is 29.7. The predicted octanol–water partition coefficient (Wildman–Crippen LogP) is 11.5. The zero-order valence-electron chi connectivity index (χ0n) is 25.2. The molecule has 2 atom stereocenters. The third-order valence-electron chi connectivity index (χ3n) is 8.26. The van der Waals surface area contributed by atoms with Gasteiger partial charge in [-0.25, -0.2) is 0 Å². The highest BCUT2D eigenvalue weighted by atomic mass is 15.2. The van der Waals surface area contributed by atoms with Crippen molar-refractivity contribution in [2.45, 2.75) is 38.5 Å². The fraction of sp³-hybridized carbons (Fsp3) is 0.190. The molecule has 216 valence electrons. The molecule has 2 unspecified atom stereocenters. The van der Waals surface area contributed by atoms with Crippen molar-refractivity contribution < 1.29 is 0 Å². The number of hydrogen-bond acceptors (Lipinski definition) is 1. The Balaban J connectivity index is 1.34. The van der Waals surface area contributed by atoms with E-state index in [1.807, 2.05) is 18.2 Å². The average molecular weight is 562 g/mol. The highest BCUT2D eigenvalue weighted by molar-refractivity contribution is 5.69. The van der Waals surface area contributed by atoms with Crippen LogP contribution in [0.1, 0.15) is 38.5 Å². The smallest absolute Gasteiger partial charge is 0.0458 e. The van der Waals surface area contributed by atoms with Crippen LogP contribution in [0.4, 0.5) is 5.69 Å². The van der Waals surface area contributed by atoms with Gasteiger partial charge in [-0.1, -0.05) is 134 Å². The van der Waals surface area contributed by atoms with Gasteiger partial charge >= 0.3 is 0 Å². The minimum Gasteiger partial charge on any atom is -0.315 e. The molecule has 0 radical (unpaired) electrons. The number of allylic oxidation sites excluding steroid dienone is 19. The molecule has 0 aliphatic heterocycles. The molecule has 0 fully saturated rings. The van der Waals surface area contributed by atoms with Crippen LogP contribution in [0.2, 0.25) is 0 Å². The highest BCUT2D eigenvalue weighted by Gasteiger charge is 2.21. The van der Waals surface area contributed by atoms with Crippen molar-refractivity contribution in [2.24, 2.45) is 11.8 Å². The van der Waals surface area contributed by atoms with Crippen LogP contribution >= 0.6 is 0 Å². The summed E-state index contributed by atoms with van der Waals surface area (Å²) in [6.45, 7) is 7.73. The van der Waals surface area contributed by atoms with E-state index in [-0.39, 0.29) is 0 Å². The largest absolute Gasteiger partial charge is 0.315 e. The summed E-state index contributed by atoms with van der Waals surface area (Å²) in [5, 5.41) is 0. The summed E-state index contributed by atoms with van der Waals surface area (Å²) in [7, 11) is 0. The summed E-state index contributed by atoms with van der Waals surface area (Å²) in [6.07, 6.45) is 41.5. The lowest BCUT2D eigenvalue weighted by molar-refractivity contribution is 0.777. The number of nitrogens with zero attached hydrogens (tertiary/aromatic N) is 1. The van der Waals surface area contributed by atoms with Gasteiger partial charge in [-0.2, -0.15) is 0 Å². The molecule has 0 heterocycles. The quantitative estimate of drug-likeness (QED) is 0.184. The second kappa shape index (κ2) is 15.6. The fourth-order valence-electron chi connectivity index (χ4n) is 5.81. The summed E-state index contributed by atoms with van der Waals surface area (Å²) in [4.78, 5) is 2.46. The Bertz CT molecular complexity index is 1530. The second-order valence-electron chi connectivity index (χ2n) is 11.2. The van der Waals surface area contributed by atoms with Crippen molar-refractivity contribution in [2.75, 3.05) is 4.90 Å². The minimum absolute atomic E-state index is 0.329. The SMILES string of the molecule is C=C/C=C\C=C\C(C=C)C/C=C/C1C=CC(N(C2=CC=C(C3=CC=CCC3)CC2)c2ccc(-c3ccccc3)cc2)=CC1. The molecule has 0 saturated heterocycles. The molecule has 43 heavy (non-hydrogen) atoms. The summed E-state index contributed by atoms with van der Waals surface area (Å²) < 4.78 is 0. The average Bonchev–Trinajstić information content (AvgIpc) is 3.08. The Morgan fingerprint density at radius 2 is 1.65 bits per heavy atom. The molecule has 0 saturated carbocycles. The van der Waals surface area contributed by atoms with E-state index in [4.69, 9.17) is 0 Å². The van der Waals surface area contributed by atoms with Crippen molar-refractivity contribution in [1.29, 1.82) is 0 Å². The Labute approximate surface area is 259 Å². The van der Waals surface area contributed by atoms with E-state index in [1.165, 1.54) is 39.4 Å². The molecule has 1 nitrogen and oxygen atoms in total. The fourth-order valence-corrected chi connectivity index (χ4v) is 5.81. The van der Waals surface area contributed by atoms with E-state index in [9.17, 15) is 0 Å². The van der Waals surface area contributed by atoms with Gasteiger partial charge in [0.2, 0.25) is 0 Å². The first-order chi connectivity index (χ1) is 21.2. The maximum absolute atomic E-state index is 4.01. The molecular weight excluding hydrogens is 518 g/mol. The summed E-state index contributed by atoms with van der Waals surface area (Å²) >= 11 is 0. The van der Waals surface area contributed by atoms with Crippen LogP contribution in [0.15, 0.2) is 188 Å². The second-order valence-corrected chi connectivity index (χ2v) is 11.2. The van der Waals surface area contributed by atoms with Crippen molar-refractivity contribution >= 4 is 5.69 Å². The summed E-state index contributed by atoms with van der Waals surface area (Å²) in [5.41, 5.74) is 9.26. The third kappa shape index (κ3) is 8.23. The first-order valence-electron chi connectivity index (χ1n) is 15.6. The monoisotopic (exact) mass is 561 g/mol. The number of anilines is 1. The van der Waals surface area contributed by atoms with Crippen LogP contribution in [0.3, 0.4) is 0 Å². The van der Waals surface area contributed by atoms with Crippen molar-refractivity contribution in [1.82, 2.24) is 0 Å². The Morgan fingerprint density at radius 1 is 0.837 bits per heavy atom. The molecule has 0 N–H and O–H groups in total. The topological polar surface area (TPSA) is 3.24 Å². The lowest BCUT2D eigenvalue weighted by atomic mass is 9.90. The molecule has 3 aliphatic carbocycles. The molecule has 3 aliphatic rings. The Kier molecular flexibility index (Phi) is 10.8. The first kappa shape index (κ1) is 29.9. The van der Waals surface area contributed by atoms with Gasteiger partial charge in [0.1, 0.15) is 0 Å². The van der Waals surface area contributed by atoms with Crippen LogP contribution < -0.4 is 4.90 Å². The predicted molar refractivity (Wildman–Crippen MR) is 187 cm³/mol. The van der Waals surface area contributed by atoms with E-state index in [2.05, 4.69) is 146 Å². The maximum atomic E-state index is 4.01. The van der Waals surface area contributed by atoms with Gasteiger partial charge in [-0.05, 0) is 96.9 Å². The lowest BCUT2D eigenvalue weighted by Gasteiger charge is -2.32. The van der Waals surface area contributed by atoms with Crippen LogP contribution in [0.25, 0.3) is 11.1 Å². The molecule has 0 bridgehead atoms. The summed E-state index contributed by atoms with van der Waals surface area (Å²) in [6, 6.07) is 19.6. The molecule has 5 rings (SSSR count). The van der Waals surface area contributed by atoms with Gasteiger partial charge in [-0.3, -0.25) is 0 Å². The Morgan fingerprint density at radius 3 is 2.33 bits per heavy atom. The maximum Gasteiger partial charge on any atom is 0.0458 e. The number of hydrogen-bond donors (Lipinski definition) is 0. The van der Waals surface area contributed by atoms with Gasteiger partial charge in [-0.15, -0.1) is 6.58 Å². The van der Waals surface area contributed by atoms with Gasteiger partial charge in [0.05, 0.1) is 0 Å². The van der Waals surface area contributed by atoms with Crippen LogP contribution in [-0.4, -0.2) is 0 Å². The third-order valence-corrected chi connectivity index (χ3v) is 8.26. The van der Waals surface area contributed by atoms with E-state index in [0.717, 1.165) is 38.5 Å². The zero-order valence-corrected chi connectivity index (χ0v) is 25.2. The number of rotatable bonds is 12. The molecule has 1 heteroatoms. The van der Waals surface area contributed by atoms with Gasteiger partial charge in [0.25, 0.3) is 0 Å². The van der Waals surface area contributed by atoms with Gasteiger partial charge in [0.15, 0.2) is 0 Å². The van der Waals surface area contributed by atoms with Gasteiger partial charge in [0, 0.05) is 17.1 Å². The lowest BCUT2D eigenvalue weighted by Crippen LogP contribution is -2.23. The minimum atomic E-state index is 0.329. The molecule has 2 aromatic carbocycles. The van der Waals surface area contributed by atoms with Crippen molar-refractivity contribution in [3.8, 4) is 11.1 Å². The molecule has 0 aromatic heterocycles.